The predicted molar refractivity (Wildman–Crippen MR) is 130 cm³/mol. The van der Waals surface area contributed by atoms with Crippen molar-refractivity contribution in [3.63, 3.8) is 0 Å². The van der Waals surface area contributed by atoms with Crippen molar-refractivity contribution in [1.29, 1.82) is 0 Å². The number of carbonyl (C=O) groups excluding carboxylic acids is 2. The fourth-order valence-electron chi connectivity index (χ4n) is 5.76. The standard InChI is InChI=1S/C28H34N2O4/c1-4-33-23-16-19-12-15-30-26(22(19)17-24(23)34-5-2)25(20-8-6-7-9-21(20)27(30)31)28(32)29-13-10-18(3)11-14-29/h6-9,16-18,25-26H,4-5,10-15H2,1-3H3. The second-order valence-corrected chi connectivity index (χ2v) is 9.63. The lowest BCUT2D eigenvalue weighted by Gasteiger charge is -2.47. The van der Waals surface area contributed by atoms with Gasteiger partial charge in [0, 0.05) is 25.2 Å². The Labute approximate surface area is 201 Å². The molecular weight excluding hydrogens is 428 g/mol. The zero-order valence-corrected chi connectivity index (χ0v) is 20.4. The molecular formula is C28H34N2O4. The summed E-state index contributed by atoms with van der Waals surface area (Å²) in [6, 6.07) is 11.4. The van der Waals surface area contributed by atoms with Crippen LogP contribution in [0.4, 0.5) is 0 Å². The molecule has 2 amide bonds. The molecule has 2 atom stereocenters. The highest BCUT2D eigenvalue weighted by molar-refractivity contribution is 6.01. The quantitative estimate of drug-likeness (QED) is 0.653. The molecule has 3 aliphatic heterocycles. The number of rotatable bonds is 5. The second-order valence-electron chi connectivity index (χ2n) is 9.63. The molecule has 0 N–H and O–H groups in total. The van der Waals surface area contributed by atoms with Gasteiger partial charge in [-0.1, -0.05) is 25.1 Å². The van der Waals surface area contributed by atoms with Crippen LogP contribution in [0.5, 0.6) is 11.5 Å². The molecule has 34 heavy (non-hydrogen) atoms. The first kappa shape index (κ1) is 22.8. The Kier molecular flexibility index (Phi) is 6.24. The number of hydrogen-bond donors (Lipinski definition) is 0. The van der Waals surface area contributed by atoms with Crippen molar-refractivity contribution in [2.45, 2.75) is 52.0 Å². The van der Waals surface area contributed by atoms with Gasteiger partial charge in [-0.05, 0) is 73.9 Å². The largest absolute Gasteiger partial charge is 0.490 e. The minimum Gasteiger partial charge on any atom is -0.490 e. The minimum absolute atomic E-state index is 0.00871. The van der Waals surface area contributed by atoms with E-state index in [9.17, 15) is 9.59 Å². The van der Waals surface area contributed by atoms with E-state index in [4.69, 9.17) is 9.47 Å². The van der Waals surface area contributed by atoms with Gasteiger partial charge in [0.25, 0.3) is 5.91 Å². The van der Waals surface area contributed by atoms with E-state index in [1.165, 1.54) is 0 Å². The summed E-state index contributed by atoms with van der Waals surface area (Å²) in [4.78, 5) is 31.6. The van der Waals surface area contributed by atoms with Gasteiger partial charge >= 0.3 is 0 Å². The number of likely N-dealkylation sites (tertiary alicyclic amines) is 1. The van der Waals surface area contributed by atoms with Gasteiger partial charge < -0.3 is 19.3 Å². The van der Waals surface area contributed by atoms with Crippen LogP contribution in [0.2, 0.25) is 0 Å². The van der Waals surface area contributed by atoms with Gasteiger partial charge in [0.2, 0.25) is 5.91 Å². The molecule has 2 aromatic rings. The summed E-state index contributed by atoms with van der Waals surface area (Å²) in [5.74, 6) is 1.76. The molecule has 2 unspecified atom stereocenters. The number of benzene rings is 2. The fraction of sp³-hybridized carbons (Fsp3) is 0.500. The van der Waals surface area contributed by atoms with Crippen molar-refractivity contribution in [3.05, 3.63) is 58.7 Å². The van der Waals surface area contributed by atoms with Crippen LogP contribution >= 0.6 is 0 Å². The molecule has 180 valence electrons. The van der Waals surface area contributed by atoms with Crippen LogP contribution in [0, 0.1) is 5.92 Å². The molecule has 0 saturated carbocycles. The second kappa shape index (κ2) is 9.32. The van der Waals surface area contributed by atoms with E-state index >= 15 is 0 Å². The van der Waals surface area contributed by atoms with Crippen LogP contribution in [0.1, 0.15) is 72.6 Å². The fourth-order valence-corrected chi connectivity index (χ4v) is 5.76. The van der Waals surface area contributed by atoms with E-state index in [-0.39, 0.29) is 17.9 Å². The van der Waals surface area contributed by atoms with Gasteiger partial charge in [-0.2, -0.15) is 0 Å². The third kappa shape index (κ3) is 3.83. The van der Waals surface area contributed by atoms with Crippen molar-refractivity contribution >= 4 is 11.8 Å². The lowest BCUT2D eigenvalue weighted by Crippen LogP contribution is -2.51. The number of carbonyl (C=O) groups is 2. The Bertz CT molecular complexity index is 1090. The van der Waals surface area contributed by atoms with Crippen LogP contribution in [0.3, 0.4) is 0 Å². The molecule has 6 nitrogen and oxygen atoms in total. The van der Waals surface area contributed by atoms with Crippen molar-refractivity contribution in [3.8, 4) is 11.5 Å². The Hall–Kier alpha value is -3.02. The third-order valence-electron chi connectivity index (χ3n) is 7.55. The topological polar surface area (TPSA) is 59.1 Å². The Morgan fingerprint density at radius 3 is 2.35 bits per heavy atom. The maximum Gasteiger partial charge on any atom is 0.254 e. The average Bonchev–Trinajstić information content (AvgIpc) is 2.85. The Balaban J connectivity index is 1.63. The van der Waals surface area contributed by atoms with Gasteiger partial charge in [-0.15, -0.1) is 0 Å². The normalized spacial score (nSPS) is 22.0. The number of fused-ring (bicyclic) bond motifs is 4. The molecule has 3 aliphatic rings. The van der Waals surface area contributed by atoms with Gasteiger partial charge in [0.1, 0.15) is 0 Å². The van der Waals surface area contributed by atoms with E-state index < -0.39 is 5.92 Å². The smallest absolute Gasteiger partial charge is 0.254 e. The molecule has 2 aromatic carbocycles. The summed E-state index contributed by atoms with van der Waals surface area (Å²) in [7, 11) is 0. The van der Waals surface area contributed by atoms with E-state index in [1.54, 1.807) is 0 Å². The summed E-state index contributed by atoms with van der Waals surface area (Å²) >= 11 is 0. The molecule has 0 radical (unpaired) electrons. The van der Waals surface area contributed by atoms with E-state index in [0.29, 0.717) is 37.0 Å². The number of ether oxygens (including phenoxy) is 2. The SMILES string of the molecule is CCOc1cc2c(cc1OCC)C1C(C(=O)N3CCC(C)CC3)c3ccccc3C(=O)N1CC2. The van der Waals surface area contributed by atoms with Crippen LogP contribution in [0.25, 0.3) is 0 Å². The van der Waals surface area contributed by atoms with Gasteiger partial charge in [-0.3, -0.25) is 9.59 Å². The first-order valence-corrected chi connectivity index (χ1v) is 12.6. The molecule has 0 bridgehead atoms. The highest BCUT2D eigenvalue weighted by Crippen LogP contribution is 2.49. The zero-order valence-electron chi connectivity index (χ0n) is 20.4. The summed E-state index contributed by atoms with van der Waals surface area (Å²) in [6.45, 7) is 9.37. The molecule has 0 aromatic heterocycles. The number of hydrogen-bond acceptors (Lipinski definition) is 4. The van der Waals surface area contributed by atoms with Crippen LogP contribution in [-0.4, -0.2) is 54.5 Å². The van der Waals surface area contributed by atoms with Crippen molar-refractivity contribution in [1.82, 2.24) is 9.80 Å². The average molecular weight is 463 g/mol. The highest BCUT2D eigenvalue weighted by Gasteiger charge is 2.48. The molecule has 5 rings (SSSR count). The third-order valence-corrected chi connectivity index (χ3v) is 7.55. The van der Waals surface area contributed by atoms with Crippen LogP contribution < -0.4 is 9.47 Å². The summed E-state index contributed by atoms with van der Waals surface area (Å²) in [5, 5.41) is 0. The van der Waals surface area contributed by atoms with Gasteiger partial charge in [0.05, 0.1) is 25.2 Å². The predicted octanol–water partition coefficient (Wildman–Crippen LogP) is 4.58. The highest BCUT2D eigenvalue weighted by atomic mass is 16.5. The molecule has 0 spiro atoms. The van der Waals surface area contributed by atoms with Crippen LogP contribution in [-0.2, 0) is 11.2 Å². The molecule has 3 heterocycles. The van der Waals surface area contributed by atoms with Crippen molar-refractivity contribution in [2.24, 2.45) is 5.92 Å². The number of amides is 2. The van der Waals surface area contributed by atoms with E-state index in [2.05, 4.69) is 13.0 Å². The molecule has 0 aliphatic carbocycles. The Morgan fingerprint density at radius 1 is 0.971 bits per heavy atom. The lowest BCUT2D eigenvalue weighted by molar-refractivity contribution is -0.136. The van der Waals surface area contributed by atoms with Crippen molar-refractivity contribution in [2.75, 3.05) is 32.8 Å². The van der Waals surface area contributed by atoms with E-state index in [1.807, 2.05) is 54.0 Å². The lowest BCUT2D eigenvalue weighted by atomic mass is 9.75. The monoisotopic (exact) mass is 462 g/mol. The first-order chi connectivity index (χ1) is 16.5. The number of piperidine rings is 1. The maximum absolute atomic E-state index is 14.1. The first-order valence-electron chi connectivity index (χ1n) is 12.6. The summed E-state index contributed by atoms with van der Waals surface area (Å²) in [5.41, 5.74) is 3.63. The van der Waals surface area contributed by atoms with Crippen LogP contribution in [0.15, 0.2) is 36.4 Å². The van der Waals surface area contributed by atoms with E-state index in [0.717, 1.165) is 54.8 Å². The maximum atomic E-state index is 14.1. The molecule has 1 fully saturated rings. The minimum atomic E-state index is -0.422. The Morgan fingerprint density at radius 2 is 1.65 bits per heavy atom. The zero-order chi connectivity index (χ0) is 23.8. The van der Waals surface area contributed by atoms with Crippen molar-refractivity contribution < 1.29 is 19.1 Å². The summed E-state index contributed by atoms with van der Waals surface area (Å²) in [6.07, 6.45) is 2.78. The van der Waals surface area contributed by atoms with Gasteiger partial charge in [-0.25, -0.2) is 0 Å². The summed E-state index contributed by atoms with van der Waals surface area (Å²) < 4.78 is 11.8. The number of nitrogens with zero attached hydrogens (tertiary/aromatic N) is 2. The molecule has 1 saturated heterocycles. The van der Waals surface area contributed by atoms with Gasteiger partial charge in [0.15, 0.2) is 11.5 Å². The molecule has 6 heteroatoms.